The first-order valence-electron chi connectivity index (χ1n) is 11.9. The van der Waals surface area contributed by atoms with Crippen LogP contribution in [0.5, 0.6) is 0 Å². The van der Waals surface area contributed by atoms with Crippen molar-refractivity contribution >= 4 is 25.0 Å². The topological polar surface area (TPSA) is 47.9 Å². The molecule has 0 aromatic rings. The van der Waals surface area contributed by atoms with E-state index in [-0.39, 0.29) is 22.3 Å². The molecule has 4 nitrogen and oxygen atoms in total. The van der Waals surface area contributed by atoms with Crippen molar-refractivity contribution in [1.29, 1.82) is 0 Å². The zero-order valence-corrected chi connectivity index (χ0v) is 26.2. The van der Waals surface area contributed by atoms with Gasteiger partial charge in [-0.15, -0.1) is 0 Å². The second-order valence-corrected chi connectivity index (χ2v) is 27.7. The van der Waals surface area contributed by atoms with Gasteiger partial charge in [-0.05, 0) is 88.2 Å². The van der Waals surface area contributed by atoms with Gasteiger partial charge in [0, 0.05) is 0 Å². The van der Waals surface area contributed by atoms with Gasteiger partial charge in [0.2, 0.25) is 0 Å². The molecule has 0 bridgehead atoms. The van der Waals surface area contributed by atoms with Crippen LogP contribution in [-0.4, -0.2) is 47.9 Å². The molecule has 31 heavy (non-hydrogen) atoms. The Hall–Kier alpha value is 0.0706. The number of aliphatic hydroxyl groups is 1. The molecule has 0 radical (unpaired) electrons. The van der Waals surface area contributed by atoms with Gasteiger partial charge in [0.05, 0.1) is 18.0 Å². The van der Waals surface area contributed by atoms with E-state index in [0.717, 1.165) is 5.57 Å². The molecule has 0 amide bonds. The Morgan fingerprint density at radius 3 is 1.35 bits per heavy atom. The summed E-state index contributed by atoms with van der Waals surface area (Å²) in [5, 5.41) is 10.7. The average Bonchev–Trinajstić information content (AvgIpc) is 2.46. The van der Waals surface area contributed by atoms with Gasteiger partial charge in [0.15, 0.2) is 25.0 Å². The van der Waals surface area contributed by atoms with Crippen LogP contribution >= 0.6 is 0 Å². The van der Waals surface area contributed by atoms with Gasteiger partial charge < -0.3 is 18.4 Å². The lowest BCUT2D eigenvalue weighted by Crippen LogP contribution is -2.65. The smallest absolute Gasteiger partial charge is 0.192 e. The molecule has 0 aromatic heterocycles. The molecule has 0 aromatic carbocycles. The Labute approximate surface area is 196 Å². The van der Waals surface area contributed by atoms with Gasteiger partial charge in [-0.25, -0.2) is 0 Å². The summed E-state index contributed by atoms with van der Waals surface area (Å²) in [5.74, 6) is 0.405. The van der Waals surface area contributed by atoms with E-state index in [1.54, 1.807) is 6.92 Å². The fraction of sp³-hybridized carbons (Fsp3) is 0.917. The maximum absolute atomic E-state index is 10.5. The number of allylic oxidation sites excluding steroid dienone is 1. The number of hydrogen-bond acceptors (Lipinski definition) is 4. The van der Waals surface area contributed by atoms with Crippen molar-refractivity contribution in [2.45, 2.75) is 142 Å². The molecule has 1 rings (SSSR count). The normalized spacial score (nSPS) is 26.9. The van der Waals surface area contributed by atoms with Gasteiger partial charge >= 0.3 is 0 Å². The molecule has 1 aliphatic carbocycles. The van der Waals surface area contributed by atoms with E-state index >= 15 is 0 Å². The van der Waals surface area contributed by atoms with Crippen molar-refractivity contribution in [3.8, 4) is 0 Å². The first-order valence-corrected chi connectivity index (χ1v) is 21.1. The highest BCUT2D eigenvalue weighted by atomic mass is 28.4. The van der Waals surface area contributed by atoms with Crippen LogP contribution in [0.2, 0.25) is 55.9 Å². The summed E-state index contributed by atoms with van der Waals surface area (Å²) < 4.78 is 21.0. The quantitative estimate of drug-likeness (QED) is 0.304. The van der Waals surface area contributed by atoms with Crippen LogP contribution < -0.4 is 0 Å². The highest BCUT2D eigenvalue weighted by Crippen LogP contribution is 2.48. The SMILES string of the molecule is CC(O)=C1CC(O[Si](C)(C)C(C)(C)C)C(C)(O[Si](C)(C)C)C(O[Si](C)(C)C(C)(C)C)C1. The number of hydrogen-bond donors (Lipinski definition) is 1. The Morgan fingerprint density at radius 2 is 1.13 bits per heavy atom. The van der Waals surface area contributed by atoms with E-state index in [1.165, 1.54) is 0 Å². The molecule has 1 saturated carbocycles. The van der Waals surface area contributed by atoms with Crippen LogP contribution in [0.1, 0.15) is 68.2 Å². The van der Waals surface area contributed by atoms with E-state index in [4.69, 9.17) is 13.3 Å². The van der Waals surface area contributed by atoms with Gasteiger partial charge in [0.25, 0.3) is 0 Å². The van der Waals surface area contributed by atoms with Crippen LogP contribution in [0.25, 0.3) is 0 Å². The zero-order chi connectivity index (χ0) is 24.8. The number of aliphatic hydroxyl groups excluding tert-OH is 1. The lowest BCUT2D eigenvalue weighted by atomic mass is 9.78. The highest BCUT2D eigenvalue weighted by molar-refractivity contribution is 6.74. The van der Waals surface area contributed by atoms with Gasteiger partial charge in [0.1, 0.15) is 5.60 Å². The lowest BCUT2D eigenvalue weighted by Gasteiger charge is -2.55. The van der Waals surface area contributed by atoms with Crippen LogP contribution in [0.4, 0.5) is 0 Å². The minimum Gasteiger partial charge on any atom is -0.513 e. The standard InChI is InChI=1S/C24H52O4Si3/c1-18(25)19-16-20(26-30(12,13)22(2,3)4)24(8,28-29(9,10)11)21(17-19)27-31(14,15)23(5,6)7/h20-21,25H,16-17H2,1-15H3. The van der Waals surface area contributed by atoms with Gasteiger partial charge in [-0.3, -0.25) is 0 Å². The highest BCUT2D eigenvalue weighted by Gasteiger charge is 2.55. The minimum absolute atomic E-state index is 0.0957. The Bertz CT molecular complexity index is 620. The van der Waals surface area contributed by atoms with Crippen molar-refractivity contribution in [2.75, 3.05) is 0 Å². The van der Waals surface area contributed by atoms with Crippen molar-refractivity contribution in [3.63, 3.8) is 0 Å². The van der Waals surface area contributed by atoms with E-state index in [1.807, 2.05) is 0 Å². The zero-order valence-electron chi connectivity index (χ0n) is 23.2. The summed E-state index contributed by atoms with van der Waals surface area (Å²) in [6, 6.07) is 0. The fourth-order valence-electron chi connectivity index (χ4n) is 3.61. The molecule has 1 fully saturated rings. The van der Waals surface area contributed by atoms with Crippen LogP contribution in [-0.2, 0) is 13.3 Å². The third-order valence-electron chi connectivity index (χ3n) is 7.67. The molecule has 0 heterocycles. The molecule has 2 unspecified atom stereocenters. The molecular weight excluding hydrogens is 437 g/mol. The Kier molecular flexibility index (Phi) is 8.47. The molecule has 2 atom stereocenters. The first kappa shape index (κ1) is 29.1. The lowest BCUT2D eigenvalue weighted by molar-refractivity contribution is -0.123. The van der Waals surface area contributed by atoms with Crippen molar-refractivity contribution in [3.05, 3.63) is 11.3 Å². The fourth-order valence-corrected chi connectivity index (χ4v) is 7.96. The largest absolute Gasteiger partial charge is 0.513 e. The molecular formula is C24H52O4Si3. The predicted octanol–water partition coefficient (Wildman–Crippen LogP) is 8.00. The predicted molar refractivity (Wildman–Crippen MR) is 142 cm³/mol. The van der Waals surface area contributed by atoms with Gasteiger partial charge in [-0.2, -0.15) is 0 Å². The van der Waals surface area contributed by atoms with E-state index in [9.17, 15) is 5.11 Å². The van der Waals surface area contributed by atoms with Crippen LogP contribution in [0.15, 0.2) is 11.3 Å². The van der Waals surface area contributed by atoms with Crippen LogP contribution in [0.3, 0.4) is 0 Å². The summed E-state index contributed by atoms with van der Waals surface area (Å²) in [6.07, 6.45) is 1.13. The third kappa shape index (κ3) is 7.03. The van der Waals surface area contributed by atoms with E-state index in [2.05, 4.69) is 94.3 Å². The second kappa shape index (κ2) is 9.02. The second-order valence-electron chi connectivity index (χ2n) is 13.7. The summed E-state index contributed by atoms with van der Waals surface area (Å²) in [6.45, 7) is 33.6. The van der Waals surface area contributed by atoms with Gasteiger partial charge in [-0.1, -0.05) is 41.5 Å². The summed E-state index contributed by atoms with van der Waals surface area (Å²) in [5.41, 5.74) is 0.498. The van der Waals surface area contributed by atoms with E-state index < -0.39 is 30.6 Å². The Balaban J connectivity index is 3.58. The molecule has 184 valence electrons. The monoisotopic (exact) mass is 488 g/mol. The molecule has 1 N–H and O–H groups in total. The first-order chi connectivity index (χ1) is 13.4. The summed E-state index contributed by atoms with van der Waals surface area (Å²) >= 11 is 0. The van der Waals surface area contributed by atoms with Crippen LogP contribution in [0, 0.1) is 0 Å². The van der Waals surface area contributed by atoms with E-state index in [0.29, 0.717) is 18.6 Å². The molecule has 0 aliphatic heterocycles. The summed E-state index contributed by atoms with van der Waals surface area (Å²) in [7, 11) is -6.02. The maximum atomic E-state index is 10.5. The molecule has 1 aliphatic rings. The minimum atomic E-state index is -2.06. The molecule has 7 heteroatoms. The number of rotatable bonds is 6. The maximum Gasteiger partial charge on any atom is 0.192 e. The van der Waals surface area contributed by atoms with Crippen molar-refractivity contribution in [2.24, 2.45) is 0 Å². The molecule has 0 saturated heterocycles. The average molecular weight is 489 g/mol. The third-order valence-corrected chi connectivity index (χ3v) is 17.7. The molecule has 0 spiro atoms. The Morgan fingerprint density at radius 1 is 0.806 bits per heavy atom. The summed E-state index contributed by atoms with van der Waals surface area (Å²) in [4.78, 5) is 0. The van der Waals surface area contributed by atoms with Crippen molar-refractivity contribution in [1.82, 2.24) is 0 Å². The van der Waals surface area contributed by atoms with Crippen molar-refractivity contribution < 1.29 is 18.4 Å².